The van der Waals surface area contributed by atoms with Crippen LogP contribution in [0.5, 0.6) is 0 Å². The Balaban J connectivity index is 2.44. The van der Waals surface area contributed by atoms with Crippen LogP contribution in [0, 0.1) is 11.8 Å². The Kier molecular flexibility index (Phi) is 5.48. The van der Waals surface area contributed by atoms with E-state index >= 15 is 0 Å². The van der Waals surface area contributed by atoms with Crippen LogP contribution in [0.25, 0.3) is 0 Å². The van der Waals surface area contributed by atoms with Gasteiger partial charge in [0.1, 0.15) is 4.90 Å². The molecule has 1 aromatic carbocycles. The second-order valence-electron chi connectivity index (χ2n) is 5.78. The lowest BCUT2D eigenvalue weighted by Gasteiger charge is -2.34. The van der Waals surface area contributed by atoms with E-state index in [2.05, 4.69) is 13.8 Å². The highest BCUT2D eigenvalue weighted by atomic mass is 35.5. The summed E-state index contributed by atoms with van der Waals surface area (Å²) < 4.78 is 27.2. The van der Waals surface area contributed by atoms with E-state index in [9.17, 15) is 8.42 Å². The van der Waals surface area contributed by atoms with Crippen molar-refractivity contribution in [2.75, 3.05) is 13.1 Å². The van der Waals surface area contributed by atoms with Gasteiger partial charge in [-0.2, -0.15) is 4.31 Å². The van der Waals surface area contributed by atoms with Crippen LogP contribution in [0.2, 0.25) is 10.0 Å². The summed E-state index contributed by atoms with van der Waals surface area (Å²) in [6.07, 6.45) is 1.04. The highest BCUT2D eigenvalue weighted by Crippen LogP contribution is 2.33. The highest BCUT2D eigenvalue weighted by Gasteiger charge is 2.33. The Morgan fingerprint density at radius 1 is 1.14 bits per heavy atom. The Labute approximate surface area is 141 Å². The number of halogens is 3. The molecule has 1 saturated heterocycles. The predicted molar refractivity (Wildman–Crippen MR) is 87.7 cm³/mol. The van der Waals surface area contributed by atoms with E-state index in [0.717, 1.165) is 6.42 Å². The van der Waals surface area contributed by atoms with Gasteiger partial charge in [0.25, 0.3) is 0 Å². The maximum absolute atomic E-state index is 12.8. The normalized spacial score (nSPS) is 24.2. The molecule has 1 aromatic rings. The molecule has 0 spiro atoms. The molecular weight excluding hydrogens is 353 g/mol. The highest BCUT2D eigenvalue weighted by molar-refractivity contribution is 7.89. The molecule has 0 saturated carbocycles. The molecule has 1 heterocycles. The minimum atomic E-state index is -3.62. The molecule has 7 heteroatoms. The first-order chi connectivity index (χ1) is 9.75. The van der Waals surface area contributed by atoms with Gasteiger partial charge in [-0.25, -0.2) is 8.42 Å². The Morgan fingerprint density at radius 2 is 1.71 bits per heavy atom. The van der Waals surface area contributed by atoms with Gasteiger partial charge in [-0.05, 0) is 36.0 Å². The molecule has 2 rings (SSSR count). The summed E-state index contributed by atoms with van der Waals surface area (Å²) in [6, 6.07) is 2.93. The Hall–Kier alpha value is -0.000000000000000111. The van der Waals surface area contributed by atoms with Crippen molar-refractivity contribution in [1.29, 1.82) is 0 Å². The van der Waals surface area contributed by atoms with Crippen molar-refractivity contribution >= 4 is 44.8 Å². The summed E-state index contributed by atoms with van der Waals surface area (Å²) in [4.78, 5) is 0.0884. The van der Waals surface area contributed by atoms with Crippen molar-refractivity contribution in [3.05, 3.63) is 27.7 Å². The van der Waals surface area contributed by atoms with Gasteiger partial charge in [0.2, 0.25) is 10.0 Å². The van der Waals surface area contributed by atoms with Gasteiger partial charge in [0.15, 0.2) is 0 Å². The van der Waals surface area contributed by atoms with E-state index in [0.29, 0.717) is 35.5 Å². The number of benzene rings is 1. The lowest BCUT2D eigenvalue weighted by atomic mass is 9.94. The summed E-state index contributed by atoms with van der Waals surface area (Å²) in [5.41, 5.74) is 0.569. The summed E-state index contributed by atoms with van der Waals surface area (Å²) in [5.74, 6) is 0.815. The van der Waals surface area contributed by atoms with E-state index < -0.39 is 10.0 Å². The van der Waals surface area contributed by atoms with E-state index in [1.807, 2.05) is 0 Å². The van der Waals surface area contributed by atoms with E-state index in [1.54, 1.807) is 0 Å². The number of hydrogen-bond acceptors (Lipinski definition) is 2. The van der Waals surface area contributed by atoms with Crippen molar-refractivity contribution in [2.24, 2.45) is 11.8 Å². The standard InChI is InChI=1S/C14H18Cl3NO2S/c1-9-3-10(2)8-18(7-9)21(19,20)14-4-11(6-15)12(16)5-13(14)17/h4-5,9-10H,3,6-8H2,1-2H3. The van der Waals surface area contributed by atoms with Crippen LogP contribution in [0.15, 0.2) is 17.0 Å². The van der Waals surface area contributed by atoms with Gasteiger partial charge in [0, 0.05) is 24.0 Å². The van der Waals surface area contributed by atoms with Gasteiger partial charge < -0.3 is 0 Å². The number of sulfonamides is 1. The summed E-state index contributed by atoms with van der Waals surface area (Å²) >= 11 is 17.9. The largest absolute Gasteiger partial charge is 0.244 e. The number of alkyl halides is 1. The fraction of sp³-hybridized carbons (Fsp3) is 0.571. The van der Waals surface area contributed by atoms with Crippen molar-refractivity contribution in [1.82, 2.24) is 4.31 Å². The van der Waals surface area contributed by atoms with E-state index in [1.165, 1.54) is 16.4 Å². The maximum atomic E-state index is 12.8. The summed E-state index contributed by atoms with van der Waals surface area (Å²) in [5, 5.41) is 0.522. The first kappa shape index (κ1) is 17.4. The average Bonchev–Trinajstić information content (AvgIpc) is 2.37. The third-order valence-electron chi connectivity index (χ3n) is 3.70. The minimum absolute atomic E-state index is 0.0884. The molecule has 0 amide bonds. The van der Waals surface area contributed by atoms with Gasteiger partial charge in [-0.15, -0.1) is 11.6 Å². The summed E-state index contributed by atoms with van der Waals surface area (Å²) in [7, 11) is -3.62. The monoisotopic (exact) mass is 369 g/mol. The third-order valence-corrected chi connectivity index (χ3v) is 6.63. The Bertz CT molecular complexity index is 623. The molecule has 21 heavy (non-hydrogen) atoms. The van der Waals surface area contributed by atoms with E-state index in [-0.39, 0.29) is 15.8 Å². The van der Waals surface area contributed by atoms with Crippen LogP contribution >= 0.6 is 34.8 Å². The van der Waals surface area contributed by atoms with Crippen molar-refractivity contribution in [3.63, 3.8) is 0 Å². The quantitative estimate of drug-likeness (QED) is 0.740. The molecule has 0 radical (unpaired) electrons. The molecule has 0 bridgehead atoms. The van der Waals surface area contributed by atoms with Gasteiger partial charge in [0.05, 0.1) is 5.02 Å². The van der Waals surface area contributed by atoms with Crippen LogP contribution in [0.4, 0.5) is 0 Å². The van der Waals surface area contributed by atoms with Crippen LogP contribution in [-0.2, 0) is 15.9 Å². The van der Waals surface area contributed by atoms with Gasteiger partial charge in [-0.3, -0.25) is 0 Å². The van der Waals surface area contributed by atoms with Crippen LogP contribution in [0.3, 0.4) is 0 Å². The van der Waals surface area contributed by atoms with Crippen molar-refractivity contribution in [2.45, 2.75) is 31.0 Å². The molecule has 2 unspecified atom stereocenters. The lowest BCUT2D eigenvalue weighted by molar-refractivity contribution is 0.222. The van der Waals surface area contributed by atoms with Crippen LogP contribution in [-0.4, -0.2) is 25.8 Å². The smallest absolute Gasteiger partial charge is 0.207 e. The zero-order valence-electron chi connectivity index (χ0n) is 11.9. The minimum Gasteiger partial charge on any atom is -0.207 e. The van der Waals surface area contributed by atoms with Gasteiger partial charge >= 0.3 is 0 Å². The molecular formula is C14H18Cl3NO2S. The zero-order valence-corrected chi connectivity index (χ0v) is 15.0. The molecule has 3 nitrogen and oxygen atoms in total. The number of rotatable bonds is 3. The van der Waals surface area contributed by atoms with Crippen molar-refractivity contribution in [3.8, 4) is 0 Å². The zero-order chi connectivity index (χ0) is 15.8. The SMILES string of the molecule is CC1CC(C)CN(S(=O)(=O)c2cc(CCl)c(Cl)cc2Cl)C1. The predicted octanol–water partition coefficient (Wildman–Crippen LogP) is 4.40. The lowest BCUT2D eigenvalue weighted by Crippen LogP contribution is -2.42. The molecule has 1 aliphatic rings. The second-order valence-corrected chi connectivity index (χ2v) is 8.76. The third kappa shape index (κ3) is 3.67. The van der Waals surface area contributed by atoms with Crippen LogP contribution in [0.1, 0.15) is 25.8 Å². The molecule has 1 aliphatic heterocycles. The second kappa shape index (κ2) is 6.63. The average molecular weight is 371 g/mol. The number of hydrogen-bond donors (Lipinski definition) is 0. The molecule has 1 fully saturated rings. The topological polar surface area (TPSA) is 37.4 Å². The van der Waals surface area contributed by atoms with Crippen LogP contribution < -0.4 is 0 Å². The maximum Gasteiger partial charge on any atom is 0.244 e. The Morgan fingerprint density at radius 3 is 2.24 bits per heavy atom. The molecule has 2 atom stereocenters. The fourth-order valence-corrected chi connectivity index (χ4v) is 5.62. The first-order valence-electron chi connectivity index (χ1n) is 6.79. The fourth-order valence-electron chi connectivity index (χ4n) is 2.81. The molecule has 0 aromatic heterocycles. The molecule has 0 aliphatic carbocycles. The van der Waals surface area contributed by atoms with Gasteiger partial charge in [-0.1, -0.05) is 37.0 Å². The molecule has 118 valence electrons. The summed E-state index contributed by atoms with van der Waals surface area (Å²) in [6.45, 7) is 5.15. The van der Waals surface area contributed by atoms with Crippen molar-refractivity contribution < 1.29 is 8.42 Å². The van der Waals surface area contributed by atoms with E-state index in [4.69, 9.17) is 34.8 Å². The molecule has 0 N–H and O–H groups in total. The number of piperidine rings is 1. The number of nitrogens with zero attached hydrogens (tertiary/aromatic N) is 1. The first-order valence-corrected chi connectivity index (χ1v) is 9.52.